The third-order valence-corrected chi connectivity index (χ3v) is 16.9. The van der Waals surface area contributed by atoms with Crippen molar-refractivity contribution in [2.24, 2.45) is 21.5 Å². The fourth-order valence-electron chi connectivity index (χ4n) is 10.0. The van der Waals surface area contributed by atoms with E-state index in [2.05, 4.69) is 59.0 Å². The number of thioether (sulfide) groups is 2. The van der Waals surface area contributed by atoms with Crippen LogP contribution in [0.25, 0.3) is 0 Å². The van der Waals surface area contributed by atoms with Crippen LogP contribution in [-0.2, 0) is 30.5 Å². The van der Waals surface area contributed by atoms with E-state index < -0.39 is 5.91 Å². The molecule has 18 nitrogen and oxygen atoms in total. The number of aliphatic imine (C=N–C) groups is 2. The van der Waals surface area contributed by atoms with E-state index in [1.165, 1.54) is 12.1 Å². The molecule has 11 N–H and O–H groups in total. The van der Waals surface area contributed by atoms with Crippen molar-refractivity contribution in [1.82, 2.24) is 26.6 Å². The smallest absolute Gasteiger partial charge is 0.251 e. The summed E-state index contributed by atoms with van der Waals surface area (Å²) in [5.74, 6) is 8.20. The maximum Gasteiger partial charge on any atom is 0.251 e. The molecule has 5 aliphatic heterocycles. The second kappa shape index (κ2) is 27.2. The highest BCUT2D eigenvalue weighted by molar-refractivity contribution is 8.00. The average Bonchev–Trinajstić information content (AvgIpc) is 4.16. The third kappa shape index (κ3) is 15.9. The summed E-state index contributed by atoms with van der Waals surface area (Å²) in [5.41, 5.74) is 15.7. The summed E-state index contributed by atoms with van der Waals surface area (Å²) in [4.78, 5) is 89.9. The molecule has 6 amide bonds. The van der Waals surface area contributed by atoms with Crippen molar-refractivity contribution >= 4 is 87.9 Å². The quantitative estimate of drug-likeness (QED) is 0.0386. The zero-order valence-electron chi connectivity index (χ0n) is 42.4. The summed E-state index contributed by atoms with van der Waals surface area (Å²) in [7, 11) is 0. The maximum atomic E-state index is 13.9. The molecule has 0 radical (unpaired) electrons. The number of anilines is 3. The molecule has 8 rings (SSSR count). The van der Waals surface area contributed by atoms with Crippen molar-refractivity contribution in [1.29, 1.82) is 0 Å². The summed E-state index contributed by atoms with van der Waals surface area (Å²) in [6, 6.07) is 21.0. The Labute approximate surface area is 447 Å². The first-order valence-electron chi connectivity index (χ1n) is 26.4. The molecule has 0 aromatic heterocycles. The zero-order chi connectivity index (χ0) is 52.5. The number of para-hydroxylation sites is 1. The van der Waals surface area contributed by atoms with Crippen LogP contribution in [0.1, 0.15) is 123 Å². The fraction of sp³-hybridized carbons (Fsp3) is 0.491. The highest BCUT2D eigenvalue weighted by Crippen LogP contribution is 2.36. The summed E-state index contributed by atoms with van der Waals surface area (Å²) in [6.07, 6.45) is 8.94. The highest BCUT2D eigenvalue weighted by atomic mass is 32.2. The van der Waals surface area contributed by atoms with E-state index in [9.17, 15) is 28.8 Å². The molecular formula is C55H70N12O6S2. The topological polar surface area (TPSA) is 267 Å². The molecule has 5 aliphatic rings. The minimum atomic E-state index is -0.488. The monoisotopic (exact) mass is 1060 g/mol. The van der Waals surface area contributed by atoms with Crippen LogP contribution in [0.4, 0.5) is 17.1 Å². The number of carbonyl (C=O) groups excluding carboxylic acids is 6. The highest BCUT2D eigenvalue weighted by Gasteiger charge is 2.41. The Morgan fingerprint density at radius 3 is 1.68 bits per heavy atom. The van der Waals surface area contributed by atoms with E-state index in [1.54, 1.807) is 11.0 Å². The number of fused-ring (bicyclic) bond motifs is 4. The predicted molar refractivity (Wildman–Crippen MR) is 299 cm³/mol. The van der Waals surface area contributed by atoms with Gasteiger partial charge in [-0.1, -0.05) is 55.0 Å². The van der Waals surface area contributed by atoms with Gasteiger partial charge in [-0.15, -0.1) is 0 Å². The maximum absolute atomic E-state index is 13.9. The van der Waals surface area contributed by atoms with Gasteiger partial charge in [0.05, 0.1) is 36.4 Å². The largest absolute Gasteiger partial charge is 0.370 e. The lowest BCUT2D eigenvalue weighted by molar-refractivity contribution is -0.122. The first-order valence-corrected chi connectivity index (χ1v) is 28.5. The van der Waals surface area contributed by atoms with E-state index in [-0.39, 0.29) is 73.0 Å². The van der Waals surface area contributed by atoms with E-state index in [1.807, 2.05) is 72.1 Å². The van der Waals surface area contributed by atoms with Gasteiger partial charge < -0.3 is 53.6 Å². The van der Waals surface area contributed by atoms with Gasteiger partial charge in [-0.05, 0) is 93.3 Å². The van der Waals surface area contributed by atoms with Gasteiger partial charge in [0.1, 0.15) is 0 Å². The van der Waals surface area contributed by atoms with Gasteiger partial charge in [0, 0.05) is 102 Å². The third-order valence-electron chi connectivity index (χ3n) is 14.0. The number of benzene rings is 3. The van der Waals surface area contributed by atoms with Gasteiger partial charge >= 0.3 is 0 Å². The van der Waals surface area contributed by atoms with Crippen molar-refractivity contribution in [3.8, 4) is 11.8 Å². The summed E-state index contributed by atoms with van der Waals surface area (Å²) in [6.45, 7) is 1.25. The number of carbonyl (C=O) groups is 6. The zero-order valence-corrected chi connectivity index (χ0v) is 44.1. The number of amides is 6. The molecule has 0 spiro atoms. The molecule has 6 unspecified atom stereocenters. The molecule has 6 atom stereocenters. The lowest BCUT2D eigenvalue weighted by Gasteiger charge is -2.26. The van der Waals surface area contributed by atoms with Gasteiger partial charge in [-0.25, -0.2) is 9.98 Å². The van der Waals surface area contributed by atoms with Crippen molar-refractivity contribution < 1.29 is 28.8 Å². The van der Waals surface area contributed by atoms with Crippen LogP contribution in [0.5, 0.6) is 0 Å². The Morgan fingerprint density at radius 2 is 1.09 bits per heavy atom. The van der Waals surface area contributed by atoms with Crippen molar-refractivity contribution in [2.45, 2.75) is 138 Å². The van der Waals surface area contributed by atoms with Gasteiger partial charge in [0.25, 0.3) is 5.91 Å². The Bertz CT molecular complexity index is 2590. The Balaban J connectivity index is 0.782. The number of guanidine groups is 2. The van der Waals surface area contributed by atoms with Crippen LogP contribution in [0, 0.1) is 11.8 Å². The molecule has 3 aromatic rings. The number of nitrogens with zero attached hydrogens (tertiary/aromatic N) is 3. The summed E-state index contributed by atoms with van der Waals surface area (Å²) < 4.78 is 0. The molecule has 5 heterocycles. The predicted octanol–water partition coefficient (Wildman–Crippen LogP) is 4.86. The van der Waals surface area contributed by atoms with Crippen LogP contribution >= 0.6 is 23.5 Å². The van der Waals surface area contributed by atoms with E-state index in [4.69, 9.17) is 11.5 Å². The lowest BCUT2D eigenvalue weighted by atomic mass is 10.0. The Hall–Kier alpha value is -6.72. The first kappa shape index (κ1) is 54.5. The van der Waals surface area contributed by atoms with E-state index in [0.29, 0.717) is 110 Å². The molecule has 0 bridgehead atoms. The van der Waals surface area contributed by atoms with Crippen molar-refractivity contribution in [3.05, 3.63) is 89.0 Å². The number of hydrogen-bond donors (Lipinski definition) is 9. The minimum Gasteiger partial charge on any atom is -0.370 e. The number of unbranched alkanes of at least 4 members (excludes halogenated alkanes) is 4. The van der Waals surface area contributed by atoms with Gasteiger partial charge in [0.15, 0.2) is 11.9 Å². The second-order valence-electron chi connectivity index (χ2n) is 19.7. The summed E-state index contributed by atoms with van der Waals surface area (Å²) in [5, 5.41) is 21.9. The van der Waals surface area contributed by atoms with Crippen LogP contribution < -0.4 is 53.6 Å². The van der Waals surface area contributed by atoms with Crippen LogP contribution in [-0.4, -0.2) is 113 Å². The molecule has 75 heavy (non-hydrogen) atoms. The lowest BCUT2D eigenvalue weighted by Crippen LogP contribution is -2.38. The van der Waals surface area contributed by atoms with Gasteiger partial charge in [0.2, 0.25) is 29.5 Å². The molecule has 2 saturated heterocycles. The van der Waals surface area contributed by atoms with E-state index >= 15 is 0 Å². The minimum absolute atomic E-state index is 0.00588. The Morgan fingerprint density at radius 1 is 0.587 bits per heavy atom. The average molecular weight is 1060 g/mol. The van der Waals surface area contributed by atoms with Crippen LogP contribution in [0.3, 0.4) is 0 Å². The molecule has 0 aliphatic carbocycles. The number of nitrogens with one attached hydrogen (secondary N) is 7. The second-order valence-corrected chi connectivity index (χ2v) is 22.2. The van der Waals surface area contributed by atoms with Crippen LogP contribution in [0.15, 0.2) is 76.7 Å². The molecule has 398 valence electrons. The molecule has 20 heteroatoms. The van der Waals surface area contributed by atoms with Crippen molar-refractivity contribution in [2.75, 3.05) is 46.7 Å². The van der Waals surface area contributed by atoms with Crippen molar-refractivity contribution in [3.63, 3.8) is 0 Å². The molecule has 0 saturated carbocycles. The van der Waals surface area contributed by atoms with Crippen LogP contribution in [0.2, 0.25) is 0 Å². The molecule has 2 fully saturated rings. The number of hydrogen-bond acceptors (Lipinski definition) is 14. The standard InChI is InChI=1S/C55H70N12O6S2/c56-54-63-41-33-74-44(51(41)65-54)17-5-7-19-46(68)58-26-11-9-21-48(70)61-39-29-38(53(73)60-28-25-50(72)67-32-37-15-2-1-13-35(37)23-24-36-14-3-4-16-43(36)67)30-40(31-39)62-49(71)22-10-12-27-59-47(69)20-8-6-18-45-52-42(34-75-45)64-55(57)66-52/h1-4,13-16,29-31,41-42,44-45,51-52H,5-12,17-22,25-28,32-34H2,(H,58,68)(H,59,69)(H,60,73)(H,61,70)(H,62,71)(H3,56,63,65)(H3,57,64,66). The van der Waals surface area contributed by atoms with Gasteiger partial charge in [-0.3, -0.25) is 28.8 Å². The number of rotatable bonds is 26. The van der Waals surface area contributed by atoms with Gasteiger partial charge in [-0.2, -0.15) is 23.5 Å². The Kier molecular flexibility index (Phi) is 19.8. The normalized spacial score (nSPS) is 20.7. The molecule has 3 aromatic carbocycles. The first-order chi connectivity index (χ1) is 36.4. The molecular weight excluding hydrogens is 989 g/mol. The number of nitrogens with two attached hydrogens (primary N) is 2. The summed E-state index contributed by atoms with van der Waals surface area (Å²) >= 11 is 3.83. The fourth-order valence-corrected chi connectivity index (χ4v) is 13.1. The SMILES string of the molecule is NC1=NC2C(CSC2CCCCC(=O)NCCCCC(=O)Nc2cc(NC(=O)CCCCNC(=O)CCCCC3SCC4NC(N)=NC43)cc(C(=O)NCCC(=O)N3Cc4ccccc4C#Cc4ccccc43)c2)N1. The van der Waals surface area contributed by atoms with E-state index in [0.717, 1.165) is 66.7 Å².